The molecule has 2 atom stereocenters. The van der Waals surface area contributed by atoms with Crippen LogP contribution in [0.2, 0.25) is 0 Å². The zero-order valence-corrected chi connectivity index (χ0v) is 26.2. The molecule has 5 rings (SSSR count). The van der Waals surface area contributed by atoms with Crippen molar-refractivity contribution in [2.45, 2.75) is 32.9 Å². The maximum atomic E-state index is 14.0. The van der Waals surface area contributed by atoms with Crippen LogP contribution in [0.4, 0.5) is 0 Å². The number of carbonyl (C=O) groups is 1. The van der Waals surface area contributed by atoms with E-state index in [1.54, 1.807) is 50.8 Å². The van der Waals surface area contributed by atoms with E-state index < -0.39 is 12.0 Å². The molecule has 0 bridgehead atoms. The molecule has 2 aromatic carbocycles. The highest BCUT2D eigenvalue weighted by atomic mass is 79.9. The first-order valence-corrected chi connectivity index (χ1v) is 15.1. The second-order valence-corrected chi connectivity index (χ2v) is 11.7. The van der Waals surface area contributed by atoms with E-state index in [1.807, 2.05) is 48.6 Å². The molecule has 218 valence electrons. The van der Waals surface area contributed by atoms with E-state index in [4.69, 9.17) is 18.9 Å². The Morgan fingerprint density at radius 1 is 1.17 bits per heavy atom. The van der Waals surface area contributed by atoms with Crippen molar-refractivity contribution >= 4 is 39.3 Å². The minimum Gasteiger partial charge on any atom is -0.497 e. The van der Waals surface area contributed by atoms with Crippen LogP contribution in [-0.4, -0.2) is 31.4 Å². The molecule has 10 heteroatoms. The number of fused-ring (bicyclic) bond motifs is 1. The number of aromatic nitrogens is 1. The van der Waals surface area contributed by atoms with Crippen LogP contribution < -0.4 is 24.4 Å². The highest BCUT2D eigenvalue weighted by Crippen LogP contribution is 2.38. The predicted molar refractivity (Wildman–Crippen MR) is 165 cm³/mol. The van der Waals surface area contributed by atoms with Gasteiger partial charge in [-0.05, 0) is 50.1 Å². The zero-order chi connectivity index (χ0) is 29.8. The molecule has 2 aliphatic rings. The number of carbonyl (C=O) groups excluding carboxylic acids is 1. The minimum absolute atomic E-state index is 0.0414. The molecule has 1 aliphatic carbocycles. The van der Waals surface area contributed by atoms with Crippen molar-refractivity contribution in [3.05, 3.63) is 113 Å². The van der Waals surface area contributed by atoms with E-state index in [-0.39, 0.29) is 23.7 Å². The lowest BCUT2D eigenvalue weighted by Crippen LogP contribution is -2.40. The molecule has 0 radical (unpaired) electrons. The van der Waals surface area contributed by atoms with Crippen LogP contribution in [0.25, 0.3) is 6.08 Å². The van der Waals surface area contributed by atoms with Gasteiger partial charge in [-0.3, -0.25) is 9.36 Å². The van der Waals surface area contributed by atoms with Gasteiger partial charge in [-0.1, -0.05) is 69.8 Å². The minimum atomic E-state index is -0.806. The van der Waals surface area contributed by atoms with Gasteiger partial charge in [0.05, 0.1) is 36.6 Å². The standard InChI is InChI=1S/C32H31BrN2O6S/c1-5-40-31(37)28-19(2)34-32-35(29(28)23-17-22(38-3)12-14-25(23)39-4)30(36)27(42-32)16-21-11-13-26(24(33)15-21)41-18-20-9-7-6-8-10-20/h6-14,16-17,21,29H,5,15,18H2,1-4H3/b27-16-/t21-,29-/m1/s1. The summed E-state index contributed by atoms with van der Waals surface area (Å²) in [6, 6.07) is 14.5. The Labute approximate surface area is 256 Å². The van der Waals surface area contributed by atoms with Crippen molar-refractivity contribution in [2.75, 3.05) is 20.8 Å². The third-order valence-electron chi connectivity index (χ3n) is 7.03. The van der Waals surface area contributed by atoms with Gasteiger partial charge in [0.15, 0.2) is 4.80 Å². The molecule has 42 heavy (non-hydrogen) atoms. The van der Waals surface area contributed by atoms with Crippen LogP contribution in [0.3, 0.4) is 0 Å². The number of methoxy groups -OCH3 is 2. The second kappa shape index (κ2) is 13.0. The van der Waals surface area contributed by atoms with Gasteiger partial charge in [0, 0.05) is 16.0 Å². The molecule has 0 unspecified atom stereocenters. The van der Waals surface area contributed by atoms with E-state index in [1.165, 1.54) is 11.3 Å². The lowest BCUT2D eigenvalue weighted by atomic mass is 9.94. The number of thiazole rings is 1. The van der Waals surface area contributed by atoms with E-state index in [0.29, 0.717) is 45.1 Å². The summed E-state index contributed by atoms with van der Waals surface area (Å²) in [5.74, 6) is 1.28. The first-order valence-electron chi connectivity index (χ1n) is 13.5. The van der Waals surface area contributed by atoms with Crippen LogP contribution in [-0.2, 0) is 20.9 Å². The maximum absolute atomic E-state index is 14.0. The summed E-state index contributed by atoms with van der Waals surface area (Å²) in [6.45, 7) is 4.16. The number of nitrogens with zero attached hydrogens (tertiary/aromatic N) is 2. The average Bonchev–Trinajstić information content (AvgIpc) is 3.30. The van der Waals surface area contributed by atoms with Crippen LogP contribution in [0, 0.1) is 5.92 Å². The molecule has 8 nitrogen and oxygen atoms in total. The molecule has 0 spiro atoms. The summed E-state index contributed by atoms with van der Waals surface area (Å²) in [6.07, 6.45) is 6.55. The van der Waals surface area contributed by atoms with E-state index in [9.17, 15) is 9.59 Å². The number of halogens is 1. The fraction of sp³-hybridized carbons (Fsp3) is 0.281. The van der Waals surface area contributed by atoms with E-state index >= 15 is 0 Å². The molecule has 0 saturated carbocycles. The van der Waals surface area contributed by atoms with Gasteiger partial charge in [-0.15, -0.1) is 0 Å². The van der Waals surface area contributed by atoms with Crippen LogP contribution in [0.15, 0.2) is 92.0 Å². The van der Waals surface area contributed by atoms with Gasteiger partial charge in [0.1, 0.15) is 29.9 Å². The van der Waals surface area contributed by atoms with Gasteiger partial charge >= 0.3 is 5.97 Å². The van der Waals surface area contributed by atoms with Crippen LogP contribution in [0.5, 0.6) is 11.5 Å². The number of rotatable bonds is 9. The van der Waals surface area contributed by atoms with Gasteiger partial charge in [0.2, 0.25) is 0 Å². The van der Waals surface area contributed by atoms with Crippen molar-refractivity contribution < 1.29 is 23.7 Å². The normalized spacial score (nSPS) is 18.5. The van der Waals surface area contributed by atoms with Crippen molar-refractivity contribution in [1.82, 2.24) is 4.57 Å². The molecular weight excluding hydrogens is 620 g/mol. The number of allylic oxidation sites excluding steroid dienone is 4. The summed E-state index contributed by atoms with van der Waals surface area (Å²) in [4.78, 5) is 32.4. The van der Waals surface area contributed by atoms with E-state index in [0.717, 1.165) is 15.8 Å². The van der Waals surface area contributed by atoms with Crippen molar-refractivity contribution in [3.8, 4) is 11.5 Å². The Hall–Kier alpha value is -3.89. The Morgan fingerprint density at radius 2 is 1.95 bits per heavy atom. The lowest BCUT2D eigenvalue weighted by Gasteiger charge is -2.26. The SMILES string of the molecule is CCOC(=O)C1=C(C)N=c2s/c(=C\[C@@H]3C=CC(OCc4ccccc4)=C(Br)C3)c(=O)n2[C@@H]1c1cc(OC)ccc1OC. The molecule has 0 saturated heterocycles. The highest BCUT2D eigenvalue weighted by molar-refractivity contribution is 9.11. The second-order valence-electron chi connectivity index (χ2n) is 9.70. The summed E-state index contributed by atoms with van der Waals surface area (Å²) in [5.41, 5.74) is 2.21. The Morgan fingerprint density at radius 3 is 2.64 bits per heavy atom. The van der Waals surface area contributed by atoms with Crippen LogP contribution in [0.1, 0.15) is 37.4 Å². The maximum Gasteiger partial charge on any atom is 0.338 e. The monoisotopic (exact) mass is 650 g/mol. The first-order chi connectivity index (χ1) is 20.3. The number of hydrogen-bond acceptors (Lipinski definition) is 8. The van der Waals surface area contributed by atoms with Crippen LogP contribution >= 0.6 is 27.3 Å². The smallest absolute Gasteiger partial charge is 0.338 e. The highest BCUT2D eigenvalue weighted by Gasteiger charge is 2.35. The average molecular weight is 652 g/mol. The molecule has 0 amide bonds. The quantitative estimate of drug-likeness (QED) is 0.297. The predicted octanol–water partition coefficient (Wildman–Crippen LogP) is 5.17. The Kier molecular flexibility index (Phi) is 9.13. The van der Waals surface area contributed by atoms with Crippen molar-refractivity contribution in [2.24, 2.45) is 10.9 Å². The largest absolute Gasteiger partial charge is 0.497 e. The topological polar surface area (TPSA) is 88.4 Å². The Bertz CT molecular complexity index is 1770. The zero-order valence-electron chi connectivity index (χ0n) is 23.8. The molecule has 2 heterocycles. The number of ether oxygens (including phenoxy) is 4. The molecule has 3 aromatic rings. The first kappa shape index (κ1) is 29.6. The van der Waals surface area contributed by atoms with Crippen molar-refractivity contribution in [1.29, 1.82) is 0 Å². The summed E-state index contributed by atoms with van der Waals surface area (Å²) in [5, 5.41) is 0. The molecular formula is C32H31BrN2O6S. The summed E-state index contributed by atoms with van der Waals surface area (Å²) in [7, 11) is 3.11. The van der Waals surface area contributed by atoms with Gasteiger partial charge in [-0.2, -0.15) is 0 Å². The van der Waals surface area contributed by atoms with Gasteiger partial charge < -0.3 is 18.9 Å². The molecule has 1 aromatic heterocycles. The number of hydrogen-bond donors (Lipinski definition) is 0. The molecule has 0 N–H and O–H groups in total. The summed E-state index contributed by atoms with van der Waals surface area (Å²) >= 11 is 4.97. The fourth-order valence-corrected chi connectivity index (χ4v) is 6.72. The molecule has 0 fully saturated rings. The number of esters is 1. The van der Waals surface area contributed by atoms with Gasteiger partial charge in [0.25, 0.3) is 5.56 Å². The lowest BCUT2D eigenvalue weighted by molar-refractivity contribution is -0.139. The van der Waals surface area contributed by atoms with Gasteiger partial charge in [-0.25, -0.2) is 9.79 Å². The number of benzene rings is 2. The third kappa shape index (κ3) is 6.00. The Balaban J connectivity index is 1.53. The van der Waals surface area contributed by atoms with E-state index in [2.05, 4.69) is 20.9 Å². The third-order valence-corrected chi connectivity index (χ3v) is 8.74. The summed E-state index contributed by atoms with van der Waals surface area (Å²) < 4.78 is 25.6. The molecule has 1 aliphatic heterocycles. The van der Waals surface area contributed by atoms with Crippen molar-refractivity contribution in [3.63, 3.8) is 0 Å². The fourth-order valence-electron chi connectivity index (χ4n) is 5.00.